The molecule has 1 heterocycles. The molecule has 7 nitrogen and oxygen atoms in total. The molecule has 0 amide bonds. The van der Waals surface area contributed by atoms with E-state index in [1.807, 2.05) is 31.2 Å². The fraction of sp³-hybridized carbons (Fsp3) is 0.344. The lowest BCUT2D eigenvalue weighted by molar-refractivity contribution is 0.217. The molecule has 1 aliphatic heterocycles. The monoisotopic (exact) mass is 579 g/mol. The van der Waals surface area contributed by atoms with E-state index in [-0.39, 0.29) is 23.1 Å². The lowest BCUT2D eigenvalue weighted by Crippen LogP contribution is -2.38. The number of nitrogens with two attached hydrogens (primary N) is 2. The SMILES string of the molecule is CC/C=C(\CNS(=O)(=O)c1cccc(-c2cccc(F)c2)c1)N1CCC(CCN)CC1.Cc1cccc(C(=N)N)c1. The Bertz CT molecular complexity index is 1430. The number of piperidine rings is 1. The number of hydrogen-bond donors (Lipinski definition) is 4. The quantitative estimate of drug-likeness (QED) is 0.189. The van der Waals surface area contributed by atoms with Crippen molar-refractivity contribution in [1.29, 1.82) is 5.41 Å². The maximum absolute atomic E-state index is 13.6. The predicted molar refractivity (Wildman–Crippen MR) is 166 cm³/mol. The maximum atomic E-state index is 13.6. The summed E-state index contributed by atoms with van der Waals surface area (Å²) in [7, 11) is -3.70. The van der Waals surface area contributed by atoms with Crippen molar-refractivity contribution >= 4 is 15.9 Å². The Balaban J connectivity index is 0.000000389. The first-order chi connectivity index (χ1) is 19.6. The topological polar surface area (TPSA) is 125 Å². The number of nitrogens with zero attached hydrogens (tertiary/aromatic N) is 1. The van der Waals surface area contributed by atoms with Crippen molar-refractivity contribution in [2.24, 2.45) is 17.4 Å². The van der Waals surface area contributed by atoms with Crippen LogP contribution in [0, 0.1) is 24.1 Å². The van der Waals surface area contributed by atoms with Gasteiger partial charge in [0.05, 0.1) is 11.4 Å². The third kappa shape index (κ3) is 9.81. The van der Waals surface area contributed by atoms with Crippen molar-refractivity contribution < 1.29 is 12.8 Å². The molecule has 9 heteroatoms. The number of hydrogen-bond acceptors (Lipinski definition) is 5. The second kappa shape index (κ2) is 15.5. The first kappa shape index (κ1) is 32.0. The second-order valence-electron chi connectivity index (χ2n) is 10.3. The van der Waals surface area contributed by atoms with Crippen LogP contribution in [0.3, 0.4) is 0 Å². The van der Waals surface area contributed by atoms with E-state index in [1.54, 1.807) is 36.4 Å². The van der Waals surface area contributed by atoms with Crippen LogP contribution >= 0.6 is 0 Å². The molecule has 3 aromatic carbocycles. The number of nitrogen functional groups attached to an aromatic ring is 1. The van der Waals surface area contributed by atoms with Crippen LogP contribution in [0.2, 0.25) is 0 Å². The van der Waals surface area contributed by atoms with Crippen molar-refractivity contribution in [3.63, 3.8) is 0 Å². The fourth-order valence-electron chi connectivity index (χ4n) is 4.87. The molecular weight excluding hydrogens is 537 g/mol. The Morgan fingerprint density at radius 1 is 1.05 bits per heavy atom. The number of nitrogens with one attached hydrogen (secondary N) is 2. The Hall–Kier alpha value is -3.53. The highest BCUT2D eigenvalue weighted by molar-refractivity contribution is 7.89. The van der Waals surface area contributed by atoms with Crippen molar-refractivity contribution in [2.75, 3.05) is 26.2 Å². The highest BCUT2D eigenvalue weighted by Gasteiger charge is 2.22. The van der Waals surface area contributed by atoms with Gasteiger partial charge in [-0.25, -0.2) is 17.5 Å². The Morgan fingerprint density at radius 3 is 2.29 bits per heavy atom. The molecule has 0 saturated carbocycles. The van der Waals surface area contributed by atoms with Crippen molar-refractivity contribution in [2.45, 2.75) is 44.4 Å². The summed E-state index contributed by atoms with van der Waals surface area (Å²) in [5.41, 5.74) is 15.2. The van der Waals surface area contributed by atoms with Gasteiger partial charge in [0.2, 0.25) is 10.0 Å². The Morgan fingerprint density at radius 2 is 1.71 bits per heavy atom. The van der Waals surface area contributed by atoms with E-state index in [4.69, 9.17) is 16.9 Å². The van der Waals surface area contributed by atoms with Gasteiger partial charge in [-0.15, -0.1) is 0 Å². The van der Waals surface area contributed by atoms with Gasteiger partial charge in [-0.05, 0) is 86.5 Å². The van der Waals surface area contributed by atoms with Crippen LogP contribution in [0.1, 0.15) is 43.7 Å². The van der Waals surface area contributed by atoms with Gasteiger partial charge < -0.3 is 16.4 Å². The molecule has 0 bridgehead atoms. The second-order valence-corrected chi connectivity index (χ2v) is 12.0. The molecule has 0 aromatic heterocycles. The van der Waals surface area contributed by atoms with Crippen molar-refractivity contribution in [3.05, 3.63) is 102 Å². The number of allylic oxidation sites excluding steroid dienone is 1. The highest BCUT2D eigenvalue weighted by Crippen LogP contribution is 2.25. The lowest BCUT2D eigenvalue weighted by atomic mass is 9.93. The number of aryl methyl sites for hydroxylation is 1. The third-order valence-electron chi connectivity index (χ3n) is 7.11. The Labute approximate surface area is 244 Å². The summed E-state index contributed by atoms with van der Waals surface area (Å²) in [4.78, 5) is 2.45. The van der Waals surface area contributed by atoms with Gasteiger partial charge in [0.25, 0.3) is 0 Å². The summed E-state index contributed by atoms with van der Waals surface area (Å²) in [6.07, 6.45) is 6.15. The summed E-state index contributed by atoms with van der Waals surface area (Å²) in [6.45, 7) is 6.85. The van der Waals surface area contributed by atoms with Crippen LogP contribution in [0.4, 0.5) is 4.39 Å². The van der Waals surface area contributed by atoms with Gasteiger partial charge in [-0.3, -0.25) is 5.41 Å². The molecule has 4 rings (SSSR count). The zero-order valence-electron chi connectivity index (χ0n) is 23.9. The minimum absolute atomic E-state index is 0.128. The molecule has 1 saturated heterocycles. The number of sulfonamides is 1. The van der Waals surface area contributed by atoms with Crippen LogP contribution in [0.15, 0.2) is 89.5 Å². The van der Waals surface area contributed by atoms with E-state index in [0.717, 1.165) is 62.1 Å². The van der Waals surface area contributed by atoms with Gasteiger partial charge in [-0.2, -0.15) is 0 Å². The standard InChI is InChI=1S/C24H32FN3O2S.C8H10N2/c1-2-5-23(28-14-11-19(10-13-26)12-15-28)18-27-31(29,30)24-9-4-7-21(17-24)20-6-3-8-22(25)16-20;1-6-3-2-4-7(5-6)8(9)10/h3-9,16-17,19,27H,2,10-15,18,26H2,1H3;2-5H,1H3,(H3,9,10)/b23-5+;. The molecule has 0 unspecified atom stereocenters. The van der Waals surface area contributed by atoms with Gasteiger partial charge >= 0.3 is 0 Å². The maximum Gasteiger partial charge on any atom is 0.240 e. The number of halogens is 1. The number of rotatable bonds is 10. The predicted octanol–water partition coefficient (Wildman–Crippen LogP) is 5.40. The van der Waals surface area contributed by atoms with Crippen LogP contribution < -0.4 is 16.2 Å². The zero-order valence-corrected chi connectivity index (χ0v) is 24.8. The van der Waals surface area contributed by atoms with E-state index in [1.165, 1.54) is 12.1 Å². The number of amidine groups is 1. The summed E-state index contributed by atoms with van der Waals surface area (Å²) in [6, 6.07) is 20.3. The van der Waals surface area contributed by atoms with Gasteiger partial charge in [-0.1, -0.05) is 61.0 Å². The summed E-state index contributed by atoms with van der Waals surface area (Å²) >= 11 is 0. The number of benzene rings is 3. The zero-order chi connectivity index (χ0) is 29.8. The van der Waals surface area contributed by atoms with Crippen LogP contribution in [0.5, 0.6) is 0 Å². The molecule has 1 aliphatic rings. The van der Waals surface area contributed by atoms with E-state index < -0.39 is 10.0 Å². The van der Waals surface area contributed by atoms with Gasteiger partial charge in [0, 0.05) is 24.4 Å². The van der Waals surface area contributed by atoms with Gasteiger partial charge in [0.1, 0.15) is 11.7 Å². The van der Waals surface area contributed by atoms with E-state index in [0.29, 0.717) is 17.0 Å². The molecule has 0 radical (unpaired) electrons. The minimum Gasteiger partial charge on any atom is -0.384 e. The normalized spacial score (nSPS) is 14.3. The molecule has 0 atom stereocenters. The minimum atomic E-state index is -3.70. The lowest BCUT2D eigenvalue weighted by Gasteiger charge is -2.35. The van der Waals surface area contributed by atoms with Gasteiger partial charge in [0.15, 0.2) is 0 Å². The Kier molecular flexibility index (Phi) is 12.1. The van der Waals surface area contributed by atoms with Crippen molar-refractivity contribution in [1.82, 2.24) is 9.62 Å². The molecule has 3 aromatic rings. The summed E-state index contributed by atoms with van der Waals surface area (Å²) in [5.74, 6) is 0.434. The number of likely N-dealkylation sites (tertiary alicyclic amines) is 1. The molecule has 0 spiro atoms. The largest absolute Gasteiger partial charge is 0.384 e. The molecular formula is C32H42FN5O2S. The van der Waals surface area contributed by atoms with E-state index in [9.17, 15) is 12.8 Å². The molecule has 6 N–H and O–H groups in total. The summed E-state index contributed by atoms with van der Waals surface area (Å²) < 4.78 is 42.3. The highest BCUT2D eigenvalue weighted by atomic mass is 32.2. The third-order valence-corrected chi connectivity index (χ3v) is 8.51. The fourth-order valence-corrected chi connectivity index (χ4v) is 5.91. The van der Waals surface area contributed by atoms with Crippen LogP contribution in [0.25, 0.3) is 11.1 Å². The van der Waals surface area contributed by atoms with E-state index in [2.05, 4.69) is 22.6 Å². The smallest absolute Gasteiger partial charge is 0.240 e. The molecule has 41 heavy (non-hydrogen) atoms. The van der Waals surface area contributed by atoms with Crippen molar-refractivity contribution in [3.8, 4) is 11.1 Å². The van der Waals surface area contributed by atoms with E-state index >= 15 is 0 Å². The summed E-state index contributed by atoms with van der Waals surface area (Å²) in [5, 5.41) is 7.11. The molecule has 0 aliphatic carbocycles. The first-order valence-corrected chi connectivity index (χ1v) is 15.5. The first-order valence-electron chi connectivity index (χ1n) is 14.0. The molecule has 220 valence electrons. The average molecular weight is 580 g/mol. The molecule has 1 fully saturated rings. The van der Waals surface area contributed by atoms with Crippen LogP contribution in [-0.2, 0) is 10.0 Å². The van der Waals surface area contributed by atoms with Crippen LogP contribution in [-0.4, -0.2) is 45.3 Å². The average Bonchev–Trinajstić information content (AvgIpc) is 2.96.